The quantitative estimate of drug-likeness (QED) is 0.835. The molecule has 1 N–H and O–H groups in total. The minimum absolute atomic E-state index is 0.0657. The standard InChI is InChI=1S/C18H23NO5/c1-11-10-19(8-7-16(11)18(22)23)17(21)13(3)24-15-6-4-5-14(9-15)12(2)20/h4-6,9,11,13,16H,7-8,10H2,1-3H3,(H,22,23). The van der Waals surface area contributed by atoms with Crippen LogP contribution in [0.5, 0.6) is 5.75 Å². The average molecular weight is 333 g/mol. The number of rotatable bonds is 5. The van der Waals surface area contributed by atoms with Crippen molar-refractivity contribution < 1.29 is 24.2 Å². The number of carbonyl (C=O) groups excluding carboxylic acids is 2. The van der Waals surface area contributed by atoms with Crippen molar-refractivity contribution in [3.05, 3.63) is 29.8 Å². The van der Waals surface area contributed by atoms with Crippen LogP contribution in [0.15, 0.2) is 24.3 Å². The molecule has 1 fully saturated rings. The summed E-state index contributed by atoms with van der Waals surface area (Å²) in [7, 11) is 0. The maximum absolute atomic E-state index is 12.5. The molecule has 1 amide bonds. The molecule has 1 heterocycles. The molecule has 1 aliphatic heterocycles. The molecule has 0 spiro atoms. The summed E-state index contributed by atoms with van der Waals surface area (Å²) >= 11 is 0. The van der Waals surface area contributed by atoms with E-state index in [1.54, 1.807) is 36.1 Å². The van der Waals surface area contributed by atoms with E-state index in [1.807, 2.05) is 6.92 Å². The van der Waals surface area contributed by atoms with E-state index in [1.165, 1.54) is 6.92 Å². The third kappa shape index (κ3) is 4.13. The van der Waals surface area contributed by atoms with E-state index in [0.29, 0.717) is 30.8 Å². The smallest absolute Gasteiger partial charge is 0.306 e. The topological polar surface area (TPSA) is 83.9 Å². The summed E-state index contributed by atoms with van der Waals surface area (Å²) in [5, 5.41) is 9.15. The third-order valence-electron chi connectivity index (χ3n) is 4.44. The maximum atomic E-state index is 12.5. The predicted octanol–water partition coefficient (Wildman–Crippen LogP) is 2.23. The van der Waals surface area contributed by atoms with Gasteiger partial charge in [0, 0.05) is 18.7 Å². The number of ketones is 1. The fourth-order valence-electron chi connectivity index (χ4n) is 3.01. The SMILES string of the molecule is CC(=O)c1cccc(OC(C)C(=O)N2CCC(C(=O)O)C(C)C2)c1. The van der Waals surface area contributed by atoms with Crippen LogP contribution in [-0.2, 0) is 9.59 Å². The lowest BCUT2D eigenvalue weighted by Crippen LogP contribution is -2.49. The van der Waals surface area contributed by atoms with Crippen LogP contribution < -0.4 is 4.74 Å². The van der Waals surface area contributed by atoms with Gasteiger partial charge in [-0.2, -0.15) is 0 Å². The van der Waals surface area contributed by atoms with E-state index in [0.717, 1.165) is 0 Å². The number of nitrogens with zero attached hydrogens (tertiary/aromatic N) is 1. The van der Waals surface area contributed by atoms with Crippen molar-refractivity contribution in [3.8, 4) is 5.75 Å². The Bertz CT molecular complexity index is 642. The van der Waals surface area contributed by atoms with Crippen LogP contribution in [0.3, 0.4) is 0 Å². The first kappa shape index (κ1) is 18.0. The number of ether oxygens (including phenoxy) is 1. The van der Waals surface area contributed by atoms with Crippen LogP contribution in [0.25, 0.3) is 0 Å². The Labute approximate surface area is 141 Å². The molecule has 1 aromatic carbocycles. The van der Waals surface area contributed by atoms with E-state index in [4.69, 9.17) is 9.84 Å². The molecule has 1 aliphatic rings. The molecule has 2 rings (SSSR count). The van der Waals surface area contributed by atoms with E-state index >= 15 is 0 Å². The molecule has 24 heavy (non-hydrogen) atoms. The Morgan fingerprint density at radius 3 is 2.62 bits per heavy atom. The first-order chi connectivity index (χ1) is 11.3. The van der Waals surface area contributed by atoms with Gasteiger partial charge >= 0.3 is 5.97 Å². The number of amides is 1. The molecule has 6 nitrogen and oxygen atoms in total. The summed E-state index contributed by atoms with van der Waals surface area (Å²) in [6.07, 6.45) is -0.241. The lowest BCUT2D eigenvalue weighted by Gasteiger charge is -2.36. The zero-order valence-electron chi connectivity index (χ0n) is 14.2. The number of likely N-dealkylation sites (tertiary alicyclic amines) is 1. The van der Waals surface area contributed by atoms with E-state index in [9.17, 15) is 14.4 Å². The second-order valence-corrected chi connectivity index (χ2v) is 6.34. The maximum Gasteiger partial charge on any atom is 0.306 e. The number of hydrogen-bond acceptors (Lipinski definition) is 4. The number of hydrogen-bond donors (Lipinski definition) is 1. The van der Waals surface area contributed by atoms with Crippen molar-refractivity contribution in [1.82, 2.24) is 4.90 Å². The van der Waals surface area contributed by atoms with Crippen molar-refractivity contribution in [3.63, 3.8) is 0 Å². The van der Waals surface area contributed by atoms with Gasteiger partial charge in [0.2, 0.25) is 0 Å². The van der Waals surface area contributed by atoms with Crippen LogP contribution in [-0.4, -0.2) is 46.9 Å². The molecule has 3 atom stereocenters. The molecular weight excluding hydrogens is 310 g/mol. The second-order valence-electron chi connectivity index (χ2n) is 6.34. The van der Waals surface area contributed by atoms with E-state index < -0.39 is 18.0 Å². The van der Waals surface area contributed by atoms with Gasteiger partial charge < -0.3 is 14.7 Å². The minimum atomic E-state index is -0.806. The molecule has 130 valence electrons. The zero-order chi connectivity index (χ0) is 17.9. The molecule has 0 bridgehead atoms. The molecule has 1 saturated heterocycles. The fraction of sp³-hybridized carbons (Fsp3) is 0.500. The molecule has 0 radical (unpaired) electrons. The van der Waals surface area contributed by atoms with Gasteiger partial charge in [-0.25, -0.2) is 0 Å². The fourth-order valence-corrected chi connectivity index (χ4v) is 3.01. The monoisotopic (exact) mass is 333 g/mol. The van der Waals surface area contributed by atoms with Crippen molar-refractivity contribution >= 4 is 17.7 Å². The Morgan fingerprint density at radius 2 is 2.04 bits per heavy atom. The minimum Gasteiger partial charge on any atom is -0.481 e. The number of aliphatic carboxylic acids is 1. The van der Waals surface area contributed by atoms with Crippen LogP contribution >= 0.6 is 0 Å². The number of carbonyl (C=O) groups is 3. The second kappa shape index (κ2) is 7.47. The Morgan fingerprint density at radius 1 is 1.33 bits per heavy atom. The van der Waals surface area contributed by atoms with Gasteiger partial charge in [0.25, 0.3) is 5.91 Å². The largest absolute Gasteiger partial charge is 0.481 e. The highest BCUT2D eigenvalue weighted by atomic mass is 16.5. The van der Waals surface area contributed by atoms with Gasteiger partial charge in [-0.1, -0.05) is 19.1 Å². The summed E-state index contributed by atoms with van der Waals surface area (Å²) in [5.41, 5.74) is 0.531. The molecule has 1 aromatic rings. The normalized spacial score (nSPS) is 21.9. The van der Waals surface area contributed by atoms with Crippen LogP contribution in [0.4, 0.5) is 0 Å². The Balaban J connectivity index is 1.99. The molecule has 0 saturated carbocycles. The Kier molecular flexibility index (Phi) is 5.59. The number of carboxylic acid groups (broad SMARTS) is 1. The van der Waals surface area contributed by atoms with Crippen molar-refractivity contribution in [2.75, 3.05) is 13.1 Å². The van der Waals surface area contributed by atoms with Crippen LogP contribution in [0.1, 0.15) is 37.6 Å². The van der Waals surface area contributed by atoms with Gasteiger partial charge in [-0.3, -0.25) is 14.4 Å². The molecule has 6 heteroatoms. The molecule has 0 aromatic heterocycles. The number of carboxylic acids is 1. The van der Waals surface area contributed by atoms with Crippen molar-refractivity contribution in [2.24, 2.45) is 11.8 Å². The lowest BCUT2D eigenvalue weighted by molar-refractivity contribution is -0.150. The summed E-state index contributed by atoms with van der Waals surface area (Å²) in [5.74, 6) is -1.06. The van der Waals surface area contributed by atoms with Crippen molar-refractivity contribution in [1.29, 1.82) is 0 Å². The van der Waals surface area contributed by atoms with Crippen LogP contribution in [0, 0.1) is 11.8 Å². The van der Waals surface area contributed by atoms with Gasteiger partial charge in [0.1, 0.15) is 5.75 Å². The zero-order valence-corrected chi connectivity index (χ0v) is 14.2. The number of benzene rings is 1. The summed E-state index contributed by atoms with van der Waals surface area (Å²) < 4.78 is 5.67. The molecule has 3 unspecified atom stereocenters. The number of piperidine rings is 1. The summed E-state index contributed by atoms with van der Waals surface area (Å²) in [4.78, 5) is 36.7. The average Bonchev–Trinajstić information content (AvgIpc) is 2.53. The van der Waals surface area contributed by atoms with Gasteiger partial charge in [0.15, 0.2) is 11.9 Å². The van der Waals surface area contributed by atoms with E-state index in [2.05, 4.69) is 0 Å². The highest BCUT2D eigenvalue weighted by Crippen LogP contribution is 2.24. The molecule has 0 aliphatic carbocycles. The van der Waals surface area contributed by atoms with Gasteiger partial charge in [-0.05, 0) is 38.3 Å². The van der Waals surface area contributed by atoms with Gasteiger partial charge in [-0.15, -0.1) is 0 Å². The summed E-state index contributed by atoms with van der Waals surface area (Å²) in [6.45, 7) is 5.82. The Hall–Kier alpha value is -2.37. The molecular formula is C18H23NO5. The number of Topliss-reactive ketones (excluding diaryl/α,β-unsaturated/α-hetero) is 1. The first-order valence-corrected chi connectivity index (χ1v) is 8.09. The lowest BCUT2D eigenvalue weighted by atomic mass is 9.87. The van der Waals surface area contributed by atoms with Gasteiger partial charge in [0.05, 0.1) is 5.92 Å². The highest BCUT2D eigenvalue weighted by Gasteiger charge is 2.34. The van der Waals surface area contributed by atoms with Crippen LogP contribution in [0.2, 0.25) is 0 Å². The summed E-state index contributed by atoms with van der Waals surface area (Å²) in [6, 6.07) is 6.73. The highest BCUT2D eigenvalue weighted by molar-refractivity contribution is 5.94. The third-order valence-corrected chi connectivity index (χ3v) is 4.44. The first-order valence-electron chi connectivity index (χ1n) is 8.09. The van der Waals surface area contributed by atoms with Crippen molar-refractivity contribution in [2.45, 2.75) is 33.3 Å². The van der Waals surface area contributed by atoms with E-state index in [-0.39, 0.29) is 17.6 Å². The predicted molar refractivity (Wildman–Crippen MR) is 88.0 cm³/mol.